The number of thiazole rings is 1. The van der Waals surface area contributed by atoms with Gasteiger partial charge in [0, 0.05) is 23.3 Å². The summed E-state index contributed by atoms with van der Waals surface area (Å²) >= 11 is 1.11. The summed E-state index contributed by atoms with van der Waals surface area (Å²) in [5, 5.41) is 11.7. The molecule has 0 N–H and O–H groups in total. The fraction of sp³-hybridized carbons (Fsp3) is 0.179. The minimum absolute atomic E-state index is 0.107. The summed E-state index contributed by atoms with van der Waals surface area (Å²) in [4.78, 5) is 42.7. The Bertz CT molecular complexity index is 1830. The summed E-state index contributed by atoms with van der Waals surface area (Å²) in [5.74, 6) is -0.128. The van der Waals surface area contributed by atoms with E-state index in [1.165, 1.54) is 22.8 Å². The molecule has 0 saturated carbocycles. The molecule has 4 aromatic rings. The number of nitro groups is 1. The zero-order valence-corrected chi connectivity index (χ0v) is 22.0. The standard InChI is InChI=1S/C28H22FN3O6S/c1-4-37-27(34)24-16(3)30-28-31(25(24)18-6-5-15(2)21(13-18)32(35)36)26(33)23(39-28)14-20-11-12-22(38-20)17-7-9-19(29)10-8-17/h5-14,25H,4H2,1-3H3/b23-14+/t25-/m0/s1. The van der Waals surface area contributed by atoms with Gasteiger partial charge >= 0.3 is 5.97 Å². The second kappa shape index (κ2) is 10.3. The van der Waals surface area contributed by atoms with Gasteiger partial charge in [0.25, 0.3) is 11.2 Å². The number of carbonyl (C=O) groups excluding carboxylic acids is 1. The zero-order chi connectivity index (χ0) is 27.8. The number of rotatable bonds is 6. The van der Waals surface area contributed by atoms with Gasteiger partial charge in [-0.3, -0.25) is 19.5 Å². The van der Waals surface area contributed by atoms with Gasteiger partial charge in [-0.2, -0.15) is 0 Å². The van der Waals surface area contributed by atoms with Crippen LogP contribution < -0.4 is 14.9 Å². The number of esters is 1. The fourth-order valence-corrected chi connectivity index (χ4v) is 5.46. The van der Waals surface area contributed by atoms with Crippen molar-refractivity contribution in [3.8, 4) is 11.3 Å². The monoisotopic (exact) mass is 547 g/mol. The lowest BCUT2D eigenvalue weighted by molar-refractivity contribution is -0.385. The number of nitrogens with zero attached hydrogens (tertiary/aromatic N) is 3. The van der Waals surface area contributed by atoms with Crippen molar-refractivity contribution in [2.75, 3.05) is 6.61 Å². The Kier molecular flexibility index (Phi) is 6.83. The maximum atomic E-state index is 13.7. The molecule has 0 unspecified atom stereocenters. The van der Waals surface area contributed by atoms with Crippen molar-refractivity contribution in [1.29, 1.82) is 0 Å². The first kappa shape index (κ1) is 26.0. The van der Waals surface area contributed by atoms with Gasteiger partial charge < -0.3 is 9.15 Å². The van der Waals surface area contributed by atoms with Gasteiger partial charge in [0.15, 0.2) is 4.80 Å². The highest BCUT2D eigenvalue weighted by atomic mass is 32.1. The van der Waals surface area contributed by atoms with Gasteiger partial charge in [0.2, 0.25) is 0 Å². The summed E-state index contributed by atoms with van der Waals surface area (Å²) in [6.07, 6.45) is 1.56. The Morgan fingerprint density at radius 3 is 2.64 bits per heavy atom. The number of carbonyl (C=O) groups is 1. The molecule has 11 heteroatoms. The number of nitro benzene ring substituents is 1. The molecule has 1 aliphatic rings. The van der Waals surface area contributed by atoms with E-state index < -0.39 is 22.5 Å². The summed E-state index contributed by atoms with van der Waals surface area (Å²) < 4.78 is 26.1. The molecule has 39 heavy (non-hydrogen) atoms. The van der Waals surface area contributed by atoms with Gasteiger partial charge in [-0.05, 0) is 62.7 Å². The lowest BCUT2D eigenvalue weighted by Gasteiger charge is -2.24. The second-order valence-electron chi connectivity index (χ2n) is 8.81. The molecule has 0 radical (unpaired) electrons. The van der Waals surface area contributed by atoms with Crippen molar-refractivity contribution in [1.82, 2.24) is 4.57 Å². The third-order valence-electron chi connectivity index (χ3n) is 6.29. The quantitative estimate of drug-likeness (QED) is 0.201. The van der Waals surface area contributed by atoms with Crippen molar-refractivity contribution < 1.29 is 23.3 Å². The highest BCUT2D eigenvalue weighted by Crippen LogP contribution is 2.33. The van der Waals surface area contributed by atoms with Crippen LogP contribution in [0.1, 0.15) is 36.8 Å². The summed E-state index contributed by atoms with van der Waals surface area (Å²) in [5.41, 5.74) is 1.42. The molecule has 1 atom stereocenters. The highest BCUT2D eigenvalue weighted by Gasteiger charge is 2.34. The van der Waals surface area contributed by atoms with Crippen molar-refractivity contribution in [3.63, 3.8) is 0 Å². The molecule has 198 valence electrons. The molecular formula is C28H22FN3O6S. The van der Waals surface area contributed by atoms with Crippen LogP contribution in [0.5, 0.6) is 0 Å². The van der Waals surface area contributed by atoms with Crippen LogP contribution in [0.2, 0.25) is 0 Å². The summed E-state index contributed by atoms with van der Waals surface area (Å²) in [6, 6.07) is 12.9. The maximum Gasteiger partial charge on any atom is 0.338 e. The number of hydrogen-bond donors (Lipinski definition) is 0. The smallest absolute Gasteiger partial charge is 0.338 e. The van der Waals surface area contributed by atoms with Crippen LogP contribution in [0.4, 0.5) is 10.1 Å². The summed E-state index contributed by atoms with van der Waals surface area (Å²) in [7, 11) is 0. The molecule has 5 rings (SSSR count). The first-order valence-electron chi connectivity index (χ1n) is 12.0. The molecule has 0 aliphatic carbocycles. The van der Waals surface area contributed by atoms with Gasteiger partial charge in [-0.1, -0.05) is 23.5 Å². The number of benzene rings is 2. The van der Waals surface area contributed by atoms with Crippen LogP contribution in [0.3, 0.4) is 0 Å². The molecule has 2 aromatic carbocycles. The van der Waals surface area contributed by atoms with E-state index in [1.54, 1.807) is 63.2 Å². The third kappa shape index (κ3) is 4.84. The number of allylic oxidation sites excluding steroid dienone is 1. The van der Waals surface area contributed by atoms with Gasteiger partial charge in [0.05, 0.1) is 33.4 Å². The van der Waals surface area contributed by atoms with E-state index in [0.29, 0.717) is 43.2 Å². The Labute approximate surface area is 225 Å². The molecule has 1 aliphatic heterocycles. The van der Waals surface area contributed by atoms with E-state index in [9.17, 15) is 24.1 Å². The molecule has 0 bridgehead atoms. The van der Waals surface area contributed by atoms with Crippen molar-refractivity contribution in [2.45, 2.75) is 26.8 Å². The first-order chi connectivity index (χ1) is 18.7. The predicted octanol–water partition coefficient (Wildman–Crippen LogP) is 4.41. The van der Waals surface area contributed by atoms with E-state index in [4.69, 9.17) is 9.15 Å². The number of furan rings is 1. The second-order valence-corrected chi connectivity index (χ2v) is 9.82. The van der Waals surface area contributed by atoms with Gasteiger partial charge in [0.1, 0.15) is 17.3 Å². The lowest BCUT2D eigenvalue weighted by Crippen LogP contribution is -2.40. The van der Waals surface area contributed by atoms with E-state index >= 15 is 0 Å². The highest BCUT2D eigenvalue weighted by molar-refractivity contribution is 7.07. The molecule has 2 aromatic heterocycles. The number of ether oxygens (including phenoxy) is 1. The number of halogens is 1. The Morgan fingerprint density at radius 2 is 1.95 bits per heavy atom. The lowest BCUT2D eigenvalue weighted by atomic mass is 9.94. The predicted molar refractivity (Wildman–Crippen MR) is 142 cm³/mol. The topological polar surface area (TPSA) is 117 Å². The SMILES string of the molecule is CCOC(=O)C1=C(C)N=c2s/c(=C/c3ccc(-c4ccc(F)cc4)o3)c(=O)n2[C@H]1c1ccc(C)c([N+](=O)[O-])c1. The number of aromatic nitrogens is 1. The number of aryl methyl sites for hydroxylation is 1. The zero-order valence-electron chi connectivity index (χ0n) is 21.1. The van der Waals surface area contributed by atoms with E-state index in [2.05, 4.69) is 4.99 Å². The van der Waals surface area contributed by atoms with E-state index in [-0.39, 0.29) is 23.7 Å². The average Bonchev–Trinajstić information content (AvgIpc) is 3.48. The van der Waals surface area contributed by atoms with E-state index in [0.717, 1.165) is 11.3 Å². The van der Waals surface area contributed by atoms with Crippen molar-refractivity contribution in [3.05, 3.63) is 118 Å². The van der Waals surface area contributed by atoms with Crippen LogP contribution in [0.15, 0.2) is 80.1 Å². The average molecular weight is 548 g/mol. The molecule has 9 nitrogen and oxygen atoms in total. The molecular weight excluding hydrogens is 525 g/mol. The molecule has 0 saturated heterocycles. The molecule has 0 fully saturated rings. The van der Waals surface area contributed by atoms with Crippen LogP contribution in [-0.2, 0) is 9.53 Å². The largest absolute Gasteiger partial charge is 0.463 e. The van der Waals surface area contributed by atoms with Gasteiger partial charge in [-0.25, -0.2) is 14.2 Å². The third-order valence-corrected chi connectivity index (χ3v) is 7.27. The number of fused-ring (bicyclic) bond motifs is 1. The Hall–Kier alpha value is -4.64. The van der Waals surface area contributed by atoms with E-state index in [1.807, 2.05) is 0 Å². The number of hydrogen-bond acceptors (Lipinski definition) is 8. The summed E-state index contributed by atoms with van der Waals surface area (Å²) in [6.45, 7) is 5.03. The minimum atomic E-state index is -0.979. The molecule has 0 amide bonds. The first-order valence-corrected chi connectivity index (χ1v) is 12.8. The fourth-order valence-electron chi connectivity index (χ4n) is 4.43. The molecule has 0 spiro atoms. The van der Waals surface area contributed by atoms with Crippen molar-refractivity contribution >= 4 is 29.1 Å². The Morgan fingerprint density at radius 1 is 1.21 bits per heavy atom. The van der Waals surface area contributed by atoms with Crippen molar-refractivity contribution in [2.24, 2.45) is 4.99 Å². The Balaban J connectivity index is 1.66. The maximum absolute atomic E-state index is 13.7. The van der Waals surface area contributed by atoms with Crippen LogP contribution in [0.25, 0.3) is 17.4 Å². The molecule has 3 heterocycles. The van der Waals surface area contributed by atoms with Crippen LogP contribution in [-0.4, -0.2) is 22.1 Å². The van der Waals surface area contributed by atoms with Crippen LogP contribution in [0, 0.1) is 22.9 Å². The minimum Gasteiger partial charge on any atom is -0.463 e. The normalized spacial score (nSPS) is 15.2. The van der Waals surface area contributed by atoms with Gasteiger partial charge in [-0.15, -0.1) is 0 Å². The van der Waals surface area contributed by atoms with Crippen LogP contribution >= 0.6 is 11.3 Å².